The number of fused-ring (bicyclic) bond motifs is 4. The third-order valence-electron chi connectivity index (χ3n) is 5.91. The highest BCUT2D eigenvalue weighted by Gasteiger charge is 2.42. The van der Waals surface area contributed by atoms with Crippen LogP contribution in [0.1, 0.15) is 38.6 Å². The molecule has 6 nitrogen and oxygen atoms in total. The van der Waals surface area contributed by atoms with Gasteiger partial charge in [-0.2, -0.15) is 18.2 Å². The number of hydrogen-bond acceptors (Lipinski definition) is 5. The Bertz CT molecular complexity index is 1410. The highest BCUT2D eigenvalue weighted by atomic mass is 19.4. The first-order valence-corrected chi connectivity index (χ1v) is 11.4. The Kier molecular flexibility index (Phi) is 6.52. The van der Waals surface area contributed by atoms with Crippen LogP contribution < -0.4 is 9.64 Å². The molecule has 11 heteroatoms. The Morgan fingerprint density at radius 2 is 1.67 bits per heavy atom. The highest BCUT2D eigenvalue weighted by molar-refractivity contribution is 5.95. The molecule has 192 valence electrons. The average Bonchev–Trinajstić information content (AvgIpc) is 3.02. The van der Waals surface area contributed by atoms with Crippen molar-refractivity contribution in [3.05, 3.63) is 53.4 Å². The summed E-state index contributed by atoms with van der Waals surface area (Å²) >= 11 is 0. The van der Waals surface area contributed by atoms with Gasteiger partial charge in [0, 0.05) is 6.54 Å². The lowest BCUT2D eigenvalue weighted by molar-refractivity contribution is -0.204. The minimum absolute atomic E-state index is 0.102. The first-order valence-electron chi connectivity index (χ1n) is 11.4. The minimum atomic E-state index is -4.06. The van der Waals surface area contributed by atoms with E-state index in [4.69, 9.17) is 4.74 Å². The van der Waals surface area contributed by atoms with Gasteiger partial charge < -0.3 is 9.64 Å². The van der Waals surface area contributed by atoms with Crippen molar-refractivity contribution in [3.8, 4) is 5.75 Å². The second-order valence-electron chi connectivity index (χ2n) is 9.60. The van der Waals surface area contributed by atoms with E-state index in [0.29, 0.717) is 42.5 Å². The van der Waals surface area contributed by atoms with E-state index >= 15 is 4.39 Å². The molecule has 3 heterocycles. The Morgan fingerprint density at radius 3 is 2.33 bits per heavy atom. The van der Waals surface area contributed by atoms with E-state index in [0.717, 1.165) is 43.8 Å². The molecular weight excluding hydrogens is 481 g/mol. The molecule has 0 fully saturated rings. The van der Waals surface area contributed by atoms with Crippen LogP contribution in [0.2, 0.25) is 0 Å². The number of aromatic nitrogens is 4. The van der Waals surface area contributed by atoms with Crippen LogP contribution in [-0.2, 0) is 0 Å². The lowest BCUT2D eigenvalue weighted by atomic mass is 9.96. The fourth-order valence-corrected chi connectivity index (χ4v) is 3.77. The molecule has 1 aliphatic heterocycles. The maximum Gasteiger partial charge on any atom is 0.393 e. The van der Waals surface area contributed by atoms with Crippen molar-refractivity contribution in [1.82, 2.24) is 19.6 Å². The van der Waals surface area contributed by atoms with Crippen molar-refractivity contribution >= 4 is 28.2 Å². The largest absolute Gasteiger partial charge is 0.491 e. The van der Waals surface area contributed by atoms with E-state index in [1.165, 1.54) is 6.07 Å². The zero-order chi connectivity index (χ0) is 26.4. The molecule has 36 heavy (non-hydrogen) atoms. The van der Waals surface area contributed by atoms with Crippen LogP contribution in [0.4, 0.5) is 33.5 Å². The lowest BCUT2D eigenvalue weighted by Gasteiger charge is -2.25. The Labute approximate surface area is 204 Å². The van der Waals surface area contributed by atoms with Gasteiger partial charge in [0.25, 0.3) is 5.78 Å². The molecule has 4 aromatic rings. The van der Waals surface area contributed by atoms with E-state index in [9.17, 15) is 17.6 Å². The van der Waals surface area contributed by atoms with Gasteiger partial charge >= 0.3 is 6.18 Å². The number of benzene rings is 2. The molecule has 0 saturated carbocycles. The standard InChI is InChI=1S/C20H17F2N5O.C5H9F3/c1-11-5-3-6-15-18(11)28-10-4-9-26(15)19-16-14(8-7-13(21)17(16)22)27-12(2)24-25-20(27)23-19;1-4(2,3)5(6,7)8/h3,5-8H,4,9-10H2,1-2H3;1-3H3. The third-order valence-corrected chi connectivity index (χ3v) is 5.91. The average molecular weight is 508 g/mol. The molecule has 0 bridgehead atoms. The van der Waals surface area contributed by atoms with E-state index in [1.807, 2.05) is 30.0 Å². The van der Waals surface area contributed by atoms with Crippen LogP contribution >= 0.6 is 0 Å². The van der Waals surface area contributed by atoms with E-state index in [2.05, 4.69) is 15.2 Å². The van der Waals surface area contributed by atoms with Crippen LogP contribution in [-0.4, -0.2) is 38.9 Å². The molecule has 2 aromatic heterocycles. The molecule has 1 aliphatic rings. The van der Waals surface area contributed by atoms with Crippen molar-refractivity contribution in [2.45, 2.75) is 47.2 Å². The molecule has 0 atom stereocenters. The summed E-state index contributed by atoms with van der Waals surface area (Å²) < 4.78 is 71.4. The summed E-state index contributed by atoms with van der Waals surface area (Å²) in [4.78, 5) is 6.45. The topological polar surface area (TPSA) is 55.5 Å². The second-order valence-corrected chi connectivity index (χ2v) is 9.60. The van der Waals surface area contributed by atoms with E-state index in [-0.39, 0.29) is 5.39 Å². The normalized spacial score (nSPS) is 14.2. The number of aryl methyl sites for hydroxylation is 2. The number of hydrogen-bond donors (Lipinski definition) is 0. The van der Waals surface area contributed by atoms with Crippen LogP contribution in [0.15, 0.2) is 30.3 Å². The number of ether oxygens (including phenoxy) is 1. The van der Waals surface area contributed by atoms with Crippen molar-refractivity contribution in [2.75, 3.05) is 18.1 Å². The molecule has 0 radical (unpaired) electrons. The van der Waals surface area contributed by atoms with Crippen molar-refractivity contribution in [1.29, 1.82) is 0 Å². The van der Waals surface area contributed by atoms with Crippen molar-refractivity contribution < 1.29 is 26.7 Å². The third kappa shape index (κ3) is 4.54. The number of rotatable bonds is 1. The first kappa shape index (κ1) is 25.6. The van der Waals surface area contributed by atoms with Crippen LogP contribution in [0.5, 0.6) is 5.75 Å². The van der Waals surface area contributed by atoms with Gasteiger partial charge in [-0.15, -0.1) is 10.2 Å². The fraction of sp³-hybridized carbons (Fsp3) is 0.400. The summed E-state index contributed by atoms with van der Waals surface area (Å²) in [5.41, 5.74) is 0.656. The number of nitrogens with zero attached hydrogens (tertiary/aromatic N) is 5. The van der Waals surface area contributed by atoms with Crippen LogP contribution in [0, 0.1) is 30.9 Å². The summed E-state index contributed by atoms with van der Waals surface area (Å²) in [5.74, 6) is 0.0740. The van der Waals surface area contributed by atoms with Gasteiger partial charge in [0.1, 0.15) is 17.4 Å². The maximum atomic E-state index is 15.0. The molecule has 0 unspecified atom stereocenters. The predicted octanol–water partition coefficient (Wildman–Crippen LogP) is 6.69. The van der Waals surface area contributed by atoms with Crippen molar-refractivity contribution in [2.24, 2.45) is 5.41 Å². The number of alkyl halides is 3. The molecule has 0 N–H and O–H groups in total. The maximum absolute atomic E-state index is 15.0. The van der Waals surface area contributed by atoms with E-state index < -0.39 is 23.2 Å². The van der Waals surface area contributed by atoms with Gasteiger partial charge in [-0.25, -0.2) is 8.78 Å². The molecule has 2 aromatic carbocycles. The Morgan fingerprint density at radius 1 is 0.972 bits per heavy atom. The molecule has 0 spiro atoms. The highest BCUT2D eigenvalue weighted by Crippen LogP contribution is 2.41. The van der Waals surface area contributed by atoms with E-state index in [1.54, 1.807) is 11.3 Å². The molecule has 0 amide bonds. The van der Waals surface area contributed by atoms with Gasteiger partial charge in [0.05, 0.1) is 28.6 Å². The monoisotopic (exact) mass is 507 g/mol. The number of anilines is 2. The lowest BCUT2D eigenvalue weighted by Crippen LogP contribution is -2.28. The van der Waals surface area contributed by atoms with Gasteiger partial charge in [-0.05, 0) is 44.0 Å². The van der Waals surface area contributed by atoms with Crippen LogP contribution in [0.3, 0.4) is 0 Å². The number of halogens is 5. The smallest absolute Gasteiger partial charge is 0.393 e. The second kappa shape index (κ2) is 9.18. The van der Waals surface area contributed by atoms with Gasteiger partial charge in [-0.3, -0.25) is 4.40 Å². The summed E-state index contributed by atoms with van der Waals surface area (Å²) in [6.45, 7) is 8.24. The first-order chi connectivity index (χ1) is 16.8. The van der Waals surface area contributed by atoms with Crippen LogP contribution in [0.25, 0.3) is 16.7 Å². The molecule has 0 saturated heterocycles. The molecule has 5 rings (SSSR count). The summed E-state index contributed by atoms with van der Waals surface area (Å²) in [6, 6.07) is 8.42. The van der Waals surface area contributed by atoms with Gasteiger partial charge in [0.15, 0.2) is 11.6 Å². The zero-order valence-corrected chi connectivity index (χ0v) is 20.5. The van der Waals surface area contributed by atoms with Crippen molar-refractivity contribution in [3.63, 3.8) is 0 Å². The summed E-state index contributed by atoms with van der Waals surface area (Å²) in [5, 5.41) is 8.25. The fourth-order valence-electron chi connectivity index (χ4n) is 3.77. The minimum Gasteiger partial charge on any atom is -0.491 e. The summed E-state index contributed by atoms with van der Waals surface area (Å²) in [6.07, 6.45) is -3.35. The predicted molar refractivity (Wildman–Crippen MR) is 127 cm³/mol. The Hall–Kier alpha value is -3.50. The van der Waals surface area contributed by atoms with Gasteiger partial charge in [0.2, 0.25) is 0 Å². The molecular formula is C25H26F5N5O. The zero-order valence-electron chi connectivity index (χ0n) is 20.5. The van der Waals surface area contributed by atoms with Gasteiger partial charge in [-0.1, -0.05) is 32.9 Å². The SMILES string of the molecule is CC(C)(C)C(F)(F)F.Cc1cccc2c1OCCCN2c1nc2nnc(C)n2c2ccc(F)c(F)c12. The Balaban J connectivity index is 0.000000331. The molecule has 0 aliphatic carbocycles. The number of para-hydroxylation sites is 1. The quantitative estimate of drug-likeness (QED) is 0.269. The summed E-state index contributed by atoms with van der Waals surface area (Å²) in [7, 11) is 0.